The third-order valence-electron chi connectivity index (χ3n) is 8.99. The Hall–Kier alpha value is -3.05. The first-order valence-corrected chi connectivity index (χ1v) is 17.0. The van der Waals surface area contributed by atoms with E-state index in [9.17, 15) is 14.4 Å². The summed E-state index contributed by atoms with van der Waals surface area (Å²) in [7, 11) is 3.30. The number of amides is 3. The van der Waals surface area contributed by atoms with Gasteiger partial charge < -0.3 is 34.7 Å². The van der Waals surface area contributed by atoms with Gasteiger partial charge in [0.05, 0.1) is 37.9 Å². The summed E-state index contributed by atoms with van der Waals surface area (Å²) in [5.74, 6) is 1.00. The Morgan fingerprint density at radius 2 is 1.72 bits per heavy atom. The van der Waals surface area contributed by atoms with E-state index in [2.05, 4.69) is 25.2 Å². The zero-order valence-electron chi connectivity index (χ0n) is 30.4. The summed E-state index contributed by atoms with van der Waals surface area (Å²) in [6.07, 6.45) is 1.83. The minimum Gasteiger partial charge on any atom is -0.493 e. The topological polar surface area (TPSA) is 139 Å². The number of hydrogen-bond acceptors (Lipinski definition) is 8. The molecule has 11 nitrogen and oxygen atoms in total. The predicted octanol–water partition coefficient (Wildman–Crippen LogP) is 5.42. The third-order valence-corrected chi connectivity index (χ3v) is 8.99. The van der Waals surface area contributed by atoms with Crippen molar-refractivity contribution in [3.63, 3.8) is 0 Å². The minimum atomic E-state index is -0.874. The third kappa shape index (κ3) is 12.5. The van der Waals surface area contributed by atoms with Crippen molar-refractivity contribution >= 4 is 17.9 Å². The Labute approximate surface area is 282 Å². The quantitative estimate of drug-likeness (QED) is 0.176. The standard InChI is InChI=1S/C36H61N3O8/c1-23(2)20-46-35(42)39-22-47-31(19-28(25(5)6)33(40)38-21-36(7,8)34(37)41)29(39)18-27(24(3)4)16-26-12-13-30(44-10)32(17-26)45-15-11-14-43-9/h12-13,17,23-25,27-29,31H,11,14-16,18-22H2,1-10H3,(H2,37,41)(H,38,40)/t27-,28+,29?,31?/m1/s1. The van der Waals surface area contributed by atoms with Gasteiger partial charge in [-0.1, -0.05) is 47.6 Å². The van der Waals surface area contributed by atoms with Crippen LogP contribution in [-0.2, 0) is 30.2 Å². The van der Waals surface area contributed by atoms with Crippen molar-refractivity contribution in [3.8, 4) is 11.5 Å². The van der Waals surface area contributed by atoms with Crippen LogP contribution in [0.15, 0.2) is 18.2 Å². The highest BCUT2D eigenvalue weighted by Gasteiger charge is 2.43. The SMILES string of the molecule is COCCCOc1cc(C[C@H](CC2C(C[C@H](C(=O)NCC(C)(C)C(N)=O)C(C)C)OCN2C(=O)OCC(C)C)C(C)C)ccc1OC. The number of hydrogen-bond donors (Lipinski definition) is 2. The molecule has 47 heavy (non-hydrogen) atoms. The second-order valence-electron chi connectivity index (χ2n) is 14.5. The second-order valence-corrected chi connectivity index (χ2v) is 14.5. The zero-order valence-corrected chi connectivity index (χ0v) is 30.4. The lowest BCUT2D eigenvalue weighted by atomic mass is 9.80. The molecule has 2 unspecified atom stereocenters. The minimum absolute atomic E-state index is 0.000359. The summed E-state index contributed by atoms with van der Waals surface area (Å²) in [6, 6.07) is 5.73. The van der Waals surface area contributed by atoms with Gasteiger partial charge in [0.1, 0.15) is 6.73 Å². The fraction of sp³-hybridized carbons (Fsp3) is 0.750. The smallest absolute Gasteiger partial charge is 0.411 e. The molecule has 1 aliphatic heterocycles. The molecule has 11 heteroatoms. The van der Waals surface area contributed by atoms with Gasteiger partial charge in [0.2, 0.25) is 11.8 Å². The van der Waals surface area contributed by atoms with E-state index in [1.165, 1.54) is 0 Å². The van der Waals surface area contributed by atoms with E-state index in [1.54, 1.807) is 33.0 Å². The molecule has 268 valence electrons. The molecule has 1 saturated heterocycles. The molecule has 0 spiro atoms. The summed E-state index contributed by atoms with van der Waals surface area (Å²) in [6.45, 7) is 17.5. The van der Waals surface area contributed by atoms with Crippen LogP contribution in [-0.4, -0.2) is 82.3 Å². The first-order chi connectivity index (χ1) is 22.1. The molecule has 0 aliphatic carbocycles. The van der Waals surface area contributed by atoms with Crippen molar-refractivity contribution in [2.24, 2.45) is 40.7 Å². The molecule has 3 N–H and O–H groups in total. The second kappa shape index (κ2) is 19.1. The van der Waals surface area contributed by atoms with Gasteiger partial charge in [-0.15, -0.1) is 0 Å². The van der Waals surface area contributed by atoms with E-state index in [-0.39, 0.29) is 55.0 Å². The van der Waals surface area contributed by atoms with Crippen molar-refractivity contribution in [2.45, 2.75) is 93.2 Å². The number of ether oxygens (including phenoxy) is 5. The molecular formula is C36H61N3O8. The summed E-state index contributed by atoms with van der Waals surface area (Å²) in [4.78, 5) is 40.4. The van der Waals surface area contributed by atoms with Gasteiger partial charge >= 0.3 is 6.09 Å². The van der Waals surface area contributed by atoms with E-state index in [0.29, 0.717) is 44.2 Å². The average molecular weight is 664 g/mol. The molecule has 1 aliphatic rings. The fourth-order valence-electron chi connectivity index (χ4n) is 5.61. The molecule has 0 radical (unpaired) electrons. The number of nitrogens with one attached hydrogen (secondary N) is 1. The van der Waals surface area contributed by atoms with Crippen molar-refractivity contribution in [1.82, 2.24) is 10.2 Å². The van der Waals surface area contributed by atoms with Crippen LogP contribution in [0.1, 0.15) is 80.2 Å². The molecule has 0 aromatic heterocycles. The predicted molar refractivity (Wildman–Crippen MR) is 182 cm³/mol. The molecule has 1 aromatic rings. The van der Waals surface area contributed by atoms with Crippen LogP contribution in [0.2, 0.25) is 0 Å². The highest BCUT2D eigenvalue weighted by Crippen LogP contribution is 2.36. The molecule has 2 rings (SSSR count). The largest absolute Gasteiger partial charge is 0.493 e. The summed E-state index contributed by atoms with van der Waals surface area (Å²) < 4.78 is 28.7. The monoisotopic (exact) mass is 663 g/mol. The van der Waals surface area contributed by atoms with Gasteiger partial charge in [0.15, 0.2) is 11.5 Å². The van der Waals surface area contributed by atoms with Crippen LogP contribution in [0.5, 0.6) is 11.5 Å². The van der Waals surface area contributed by atoms with Gasteiger partial charge in [-0.05, 0) is 74.5 Å². The summed E-state index contributed by atoms with van der Waals surface area (Å²) in [5, 5.41) is 2.94. The van der Waals surface area contributed by atoms with Gasteiger partial charge in [-0.25, -0.2) is 4.79 Å². The number of primary amides is 1. The van der Waals surface area contributed by atoms with Gasteiger partial charge in [-0.3, -0.25) is 14.5 Å². The first-order valence-electron chi connectivity index (χ1n) is 17.0. The number of benzene rings is 1. The van der Waals surface area contributed by atoms with E-state index in [1.807, 2.05) is 39.8 Å². The first kappa shape index (κ1) is 40.1. The van der Waals surface area contributed by atoms with Crippen molar-refractivity contribution in [1.29, 1.82) is 0 Å². The molecular weight excluding hydrogens is 602 g/mol. The normalized spacial score (nSPS) is 18.0. The number of carbonyl (C=O) groups is 3. The maximum absolute atomic E-state index is 13.5. The Morgan fingerprint density at radius 1 is 1.02 bits per heavy atom. The van der Waals surface area contributed by atoms with Crippen LogP contribution in [0, 0.1) is 35.0 Å². The highest BCUT2D eigenvalue weighted by molar-refractivity contribution is 5.83. The van der Waals surface area contributed by atoms with Crippen LogP contribution in [0.25, 0.3) is 0 Å². The van der Waals surface area contributed by atoms with Crippen LogP contribution < -0.4 is 20.5 Å². The van der Waals surface area contributed by atoms with Gasteiger partial charge in [-0.2, -0.15) is 0 Å². The average Bonchev–Trinajstić information content (AvgIpc) is 3.41. The maximum Gasteiger partial charge on any atom is 0.411 e. The Bertz CT molecular complexity index is 1140. The lowest BCUT2D eigenvalue weighted by Gasteiger charge is -2.33. The van der Waals surface area contributed by atoms with Crippen molar-refractivity contribution in [3.05, 3.63) is 23.8 Å². The number of rotatable bonds is 20. The molecule has 3 amide bonds. The number of nitrogens with two attached hydrogens (primary N) is 1. The number of methoxy groups -OCH3 is 2. The lowest BCUT2D eigenvalue weighted by molar-refractivity contribution is -0.130. The molecule has 1 heterocycles. The van der Waals surface area contributed by atoms with Crippen molar-refractivity contribution < 1.29 is 38.1 Å². The molecule has 0 saturated carbocycles. The van der Waals surface area contributed by atoms with E-state index < -0.39 is 23.3 Å². The Kier molecular flexibility index (Phi) is 16.3. The summed E-state index contributed by atoms with van der Waals surface area (Å²) >= 11 is 0. The van der Waals surface area contributed by atoms with E-state index >= 15 is 0 Å². The molecule has 0 bridgehead atoms. The molecule has 4 atom stereocenters. The molecule has 1 aromatic carbocycles. The Morgan fingerprint density at radius 3 is 2.30 bits per heavy atom. The van der Waals surface area contributed by atoms with Gasteiger partial charge in [0, 0.05) is 32.6 Å². The van der Waals surface area contributed by atoms with Crippen LogP contribution >= 0.6 is 0 Å². The lowest BCUT2D eigenvalue weighted by Crippen LogP contribution is -2.47. The maximum atomic E-state index is 13.5. The molecule has 1 fully saturated rings. The zero-order chi connectivity index (χ0) is 35.3. The Balaban J connectivity index is 2.33. The van der Waals surface area contributed by atoms with E-state index in [4.69, 9.17) is 29.4 Å². The fourth-order valence-corrected chi connectivity index (χ4v) is 5.61. The van der Waals surface area contributed by atoms with Crippen LogP contribution in [0.4, 0.5) is 4.79 Å². The summed E-state index contributed by atoms with van der Waals surface area (Å²) in [5.41, 5.74) is 5.76. The van der Waals surface area contributed by atoms with Crippen LogP contribution in [0.3, 0.4) is 0 Å². The van der Waals surface area contributed by atoms with Crippen molar-refractivity contribution in [2.75, 3.05) is 47.3 Å². The van der Waals surface area contributed by atoms with E-state index in [0.717, 1.165) is 18.4 Å². The highest BCUT2D eigenvalue weighted by atomic mass is 16.6. The van der Waals surface area contributed by atoms with Gasteiger partial charge in [0.25, 0.3) is 0 Å². The number of carbonyl (C=O) groups excluding carboxylic acids is 3. The number of nitrogens with zero attached hydrogens (tertiary/aromatic N) is 1.